The quantitative estimate of drug-likeness (QED) is 0.692. The summed E-state index contributed by atoms with van der Waals surface area (Å²) >= 11 is 0. The molecule has 0 aliphatic rings. The van der Waals surface area contributed by atoms with Crippen LogP contribution in [0.25, 0.3) is 0 Å². The lowest BCUT2D eigenvalue weighted by Gasteiger charge is -2.11. The van der Waals surface area contributed by atoms with Crippen molar-refractivity contribution in [2.24, 2.45) is 5.92 Å². The number of hydrogen-bond donors (Lipinski definition) is 2. The second-order valence-corrected chi connectivity index (χ2v) is 3.45. The Morgan fingerprint density at radius 1 is 1.71 bits per heavy atom. The molecule has 1 atom stereocenters. The van der Waals surface area contributed by atoms with Gasteiger partial charge in [0.25, 0.3) is 0 Å². The zero-order valence-electron chi connectivity index (χ0n) is 8.53. The minimum absolute atomic E-state index is 0.271. The van der Waals surface area contributed by atoms with Crippen LogP contribution in [0.5, 0.6) is 0 Å². The first kappa shape index (κ1) is 10.7. The molecule has 1 aromatic heterocycles. The van der Waals surface area contributed by atoms with Gasteiger partial charge in [-0.15, -0.1) is 0 Å². The number of anilines is 1. The zero-order chi connectivity index (χ0) is 10.6. The summed E-state index contributed by atoms with van der Waals surface area (Å²) in [6, 6.07) is 1.63. The summed E-state index contributed by atoms with van der Waals surface area (Å²) < 4.78 is 1.57. The number of nitrogen functional groups attached to an aromatic ring is 1. The van der Waals surface area contributed by atoms with Crippen LogP contribution in [0, 0.1) is 5.92 Å². The first-order valence-corrected chi connectivity index (χ1v) is 4.61. The second-order valence-electron chi connectivity index (χ2n) is 3.45. The van der Waals surface area contributed by atoms with Crippen molar-refractivity contribution in [2.45, 2.75) is 13.5 Å². The normalized spacial score (nSPS) is 12.7. The van der Waals surface area contributed by atoms with Crippen molar-refractivity contribution < 1.29 is 0 Å². The molecular formula is C9H16N4O. The Balaban J connectivity index is 2.72. The van der Waals surface area contributed by atoms with Gasteiger partial charge in [-0.05, 0) is 25.6 Å². The Bertz CT molecular complexity index is 347. The van der Waals surface area contributed by atoms with E-state index in [2.05, 4.69) is 17.2 Å². The van der Waals surface area contributed by atoms with Crippen LogP contribution in [-0.2, 0) is 6.54 Å². The summed E-state index contributed by atoms with van der Waals surface area (Å²) in [5.41, 5.74) is 5.10. The number of nitrogens with two attached hydrogens (primary N) is 1. The minimum Gasteiger partial charge on any atom is -0.383 e. The monoisotopic (exact) mass is 196 g/mol. The summed E-state index contributed by atoms with van der Waals surface area (Å²) in [5, 5.41) is 3.06. The van der Waals surface area contributed by atoms with E-state index in [1.54, 1.807) is 16.8 Å². The van der Waals surface area contributed by atoms with Crippen LogP contribution in [-0.4, -0.2) is 23.1 Å². The molecule has 0 saturated heterocycles. The average molecular weight is 196 g/mol. The maximum Gasteiger partial charge on any atom is 0.349 e. The van der Waals surface area contributed by atoms with Crippen molar-refractivity contribution in [2.75, 3.05) is 19.3 Å². The van der Waals surface area contributed by atoms with E-state index in [9.17, 15) is 4.79 Å². The molecule has 1 aromatic rings. The zero-order valence-corrected chi connectivity index (χ0v) is 8.53. The van der Waals surface area contributed by atoms with Crippen molar-refractivity contribution in [3.05, 3.63) is 22.7 Å². The summed E-state index contributed by atoms with van der Waals surface area (Å²) in [6.45, 7) is 3.60. The summed E-state index contributed by atoms with van der Waals surface area (Å²) in [7, 11) is 1.89. The number of rotatable bonds is 4. The molecule has 5 nitrogen and oxygen atoms in total. The Morgan fingerprint density at radius 2 is 2.43 bits per heavy atom. The second kappa shape index (κ2) is 4.76. The van der Waals surface area contributed by atoms with Crippen LogP contribution >= 0.6 is 0 Å². The highest BCUT2D eigenvalue weighted by atomic mass is 16.1. The molecule has 1 heterocycles. The molecule has 0 saturated carbocycles. The summed E-state index contributed by atoms with van der Waals surface area (Å²) in [4.78, 5) is 15.0. The largest absolute Gasteiger partial charge is 0.383 e. The van der Waals surface area contributed by atoms with Crippen LogP contribution in [0.1, 0.15) is 6.92 Å². The van der Waals surface area contributed by atoms with Crippen LogP contribution in [0.15, 0.2) is 17.1 Å². The van der Waals surface area contributed by atoms with Gasteiger partial charge in [0, 0.05) is 12.7 Å². The average Bonchev–Trinajstić information content (AvgIpc) is 2.10. The molecule has 14 heavy (non-hydrogen) atoms. The number of nitrogens with zero attached hydrogens (tertiary/aromatic N) is 2. The molecule has 0 radical (unpaired) electrons. The third kappa shape index (κ3) is 2.85. The molecule has 0 fully saturated rings. The fraction of sp³-hybridized carbons (Fsp3) is 0.556. The SMILES string of the molecule is CNCC(C)Cn1ccc(N)nc1=O. The molecule has 5 heteroatoms. The third-order valence-electron chi connectivity index (χ3n) is 1.96. The van der Waals surface area contributed by atoms with Gasteiger partial charge in [-0.1, -0.05) is 6.92 Å². The van der Waals surface area contributed by atoms with E-state index in [-0.39, 0.29) is 11.5 Å². The first-order chi connectivity index (χ1) is 6.63. The van der Waals surface area contributed by atoms with E-state index in [0.29, 0.717) is 12.5 Å². The van der Waals surface area contributed by atoms with Crippen LogP contribution in [0.3, 0.4) is 0 Å². The van der Waals surface area contributed by atoms with Crippen LogP contribution in [0.4, 0.5) is 5.82 Å². The van der Waals surface area contributed by atoms with Crippen LogP contribution < -0.4 is 16.7 Å². The topological polar surface area (TPSA) is 72.9 Å². The van der Waals surface area contributed by atoms with E-state index in [1.807, 2.05) is 7.05 Å². The van der Waals surface area contributed by atoms with E-state index in [0.717, 1.165) is 6.54 Å². The molecule has 0 aliphatic carbocycles. The van der Waals surface area contributed by atoms with Gasteiger partial charge in [-0.3, -0.25) is 4.57 Å². The molecular weight excluding hydrogens is 180 g/mol. The van der Waals surface area contributed by atoms with Gasteiger partial charge in [0.2, 0.25) is 0 Å². The van der Waals surface area contributed by atoms with Gasteiger partial charge in [0.1, 0.15) is 5.82 Å². The molecule has 0 aromatic carbocycles. The van der Waals surface area contributed by atoms with Crippen molar-refractivity contribution in [1.82, 2.24) is 14.9 Å². The van der Waals surface area contributed by atoms with E-state index in [4.69, 9.17) is 5.73 Å². The summed E-state index contributed by atoms with van der Waals surface area (Å²) in [5.74, 6) is 0.663. The maximum absolute atomic E-state index is 11.3. The highest BCUT2D eigenvalue weighted by Crippen LogP contribution is 1.97. The predicted octanol–water partition coefficient (Wildman–Crippen LogP) is -0.319. The van der Waals surface area contributed by atoms with Gasteiger partial charge in [-0.25, -0.2) is 4.79 Å². The molecule has 0 amide bonds. The van der Waals surface area contributed by atoms with Crippen molar-refractivity contribution in [3.8, 4) is 0 Å². The van der Waals surface area contributed by atoms with Crippen molar-refractivity contribution >= 4 is 5.82 Å². The maximum atomic E-state index is 11.3. The molecule has 0 bridgehead atoms. The molecule has 1 rings (SSSR count). The fourth-order valence-corrected chi connectivity index (χ4v) is 1.33. The predicted molar refractivity (Wildman–Crippen MR) is 56.0 cm³/mol. The summed E-state index contributed by atoms with van der Waals surface area (Å²) in [6.07, 6.45) is 1.68. The molecule has 0 spiro atoms. The van der Waals surface area contributed by atoms with Crippen LogP contribution in [0.2, 0.25) is 0 Å². The smallest absolute Gasteiger partial charge is 0.349 e. The van der Waals surface area contributed by atoms with E-state index >= 15 is 0 Å². The lowest BCUT2D eigenvalue weighted by molar-refractivity contribution is 0.450. The molecule has 78 valence electrons. The Hall–Kier alpha value is -1.36. The van der Waals surface area contributed by atoms with E-state index in [1.165, 1.54) is 0 Å². The number of hydrogen-bond acceptors (Lipinski definition) is 4. The van der Waals surface area contributed by atoms with Gasteiger partial charge < -0.3 is 11.1 Å². The Morgan fingerprint density at radius 3 is 3.00 bits per heavy atom. The molecule has 1 unspecified atom stereocenters. The lowest BCUT2D eigenvalue weighted by Crippen LogP contribution is -2.28. The Labute approximate surface area is 83.0 Å². The fourth-order valence-electron chi connectivity index (χ4n) is 1.33. The Kier molecular flexibility index (Phi) is 3.64. The van der Waals surface area contributed by atoms with Gasteiger partial charge in [-0.2, -0.15) is 4.98 Å². The van der Waals surface area contributed by atoms with E-state index < -0.39 is 0 Å². The third-order valence-corrected chi connectivity index (χ3v) is 1.96. The number of nitrogens with one attached hydrogen (secondary N) is 1. The number of aromatic nitrogens is 2. The van der Waals surface area contributed by atoms with Gasteiger partial charge in [0.05, 0.1) is 0 Å². The lowest BCUT2D eigenvalue weighted by atomic mass is 10.2. The minimum atomic E-state index is -0.284. The van der Waals surface area contributed by atoms with Gasteiger partial charge in [0.15, 0.2) is 0 Å². The standard InChI is InChI=1S/C9H16N4O/c1-7(5-11-2)6-13-4-3-8(10)12-9(13)14/h3-4,7,11H,5-6H2,1-2H3,(H2,10,12,14). The van der Waals surface area contributed by atoms with Crippen molar-refractivity contribution in [1.29, 1.82) is 0 Å². The van der Waals surface area contributed by atoms with Gasteiger partial charge >= 0.3 is 5.69 Å². The highest BCUT2D eigenvalue weighted by molar-refractivity contribution is 5.23. The van der Waals surface area contributed by atoms with Crippen molar-refractivity contribution in [3.63, 3.8) is 0 Å². The molecule has 0 aliphatic heterocycles. The highest BCUT2D eigenvalue weighted by Gasteiger charge is 2.03. The first-order valence-electron chi connectivity index (χ1n) is 4.61. The molecule has 3 N–H and O–H groups in total.